The molecule has 0 spiro atoms. The van der Waals surface area contributed by atoms with Crippen LogP contribution in [-0.4, -0.2) is 37.6 Å². The summed E-state index contributed by atoms with van der Waals surface area (Å²) < 4.78 is 15.5. The number of hydrogen-bond acceptors (Lipinski definition) is 5. The Morgan fingerprint density at radius 1 is 1.13 bits per heavy atom. The Morgan fingerprint density at radius 2 is 1.83 bits per heavy atom. The molecule has 1 aromatic carbocycles. The van der Waals surface area contributed by atoms with Crippen LogP contribution in [0.5, 0.6) is 11.5 Å². The zero-order valence-electron chi connectivity index (χ0n) is 13.4. The number of urea groups is 1. The fourth-order valence-corrected chi connectivity index (χ4v) is 1.80. The van der Waals surface area contributed by atoms with Gasteiger partial charge in [0, 0.05) is 24.8 Å². The van der Waals surface area contributed by atoms with Gasteiger partial charge in [-0.2, -0.15) is 0 Å². The van der Waals surface area contributed by atoms with Gasteiger partial charge in [-0.3, -0.25) is 0 Å². The molecule has 1 aromatic rings. The van der Waals surface area contributed by atoms with E-state index >= 15 is 0 Å². The number of carbonyl (C=O) groups excluding carboxylic acids is 2. The second kappa shape index (κ2) is 7.08. The van der Waals surface area contributed by atoms with Crippen LogP contribution in [0.4, 0.5) is 15.3 Å². The summed E-state index contributed by atoms with van der Waals surface area (Å²) in [6.07, 6.45) is -0.518. The highest BCUT2D eigenvalue weighted by Crippen LogP contribution is 2.34. The van der Waals surface area contributed by atoms with Crippen molar-refractivity contribution in [3.63, 3.8) is 0 Å². The molecular formula is C15H21N3O5. The van der Waals surface area contributed by atoms with E-state index in [4.69, 9.17) is 14.2 Å². The van der Waals surface area contributed by atoms with Crippen LogP contribution < -0.4 is 25.4 Å². The molecule has 1 heterocycles. The topological polar surface area (TPSA) is 97.9 Å². The Morgan fingerprint density at radius 3 is 2.57 bits per heavy atom. The molecular weight excluding hydrogens is 302 g/mol. The highest BCUT2D eigenvalue weighted by Gasteiger charge is 2.16. The van der Waals surface area contributed by atoms with Crippen LogP contribution in [0, 0.1) is 0 Å². The second-order valence-electron chi connectivity index (χ2n) is 5.88. The van der Waals surface area contributed by atoms with Gasteiger partial charge in [0.1, 0.15) is 5.60 Å². The normalized spacial score (nSPS) is 12.5. The highest BCUT2D eigenvalue weighted by atomic mass is 16.7. The van der Waals surface area contributed by atoms with Gasteiger partial charge in [-0.05, 0) is 32.9 Å². The van der Waals surface area contributed by atoms with Gasteiger partial charge in [0.05, 0.1) is 0 Å². The number of ether oxygens (including phenoxy) is 3. The minimum absolute atomic E-state index is 0.182. The van der Waals surface area contributed by atoms with Crippen molar-refractivity contribution < 1.29 is 23.8 Å². The number of rotatable bonds is 4. The predicted molar refractivity (Wildman–Crippen MR) is 83.8 cm³/mol. The quantitative estimate of drug-likeness (QED) is 0.737. The second-order valence-corrected chi connectivity index (χ2v) is 5.88. The molecule has 8 nitrogen and oxygen atoms in total. The van der Waals surface area contributed by atoms with Crippen molar-refractivity contribution in [2.24, 2.45) is 0 Å². The molecule has 0 unspecified atom stereocenters. The van der Waals surface area contributed by atoms with Gasteiger partial charge in [-0.25, -0.2) is 9.59 Å². The smallest absolute Gasteiger partial charge is 0.407 e. The third-order valence-corrected chi connectivity index (χ3v) is 2.71. The number of fused-ring (bicyclic) bond motifs is 1. The van der Waals surface area contributed by atoms with Crippen LogP contribution >= 0.6 is 0 Å². The molecule has 3 amide bonds. The lowest BCUT2D eigenvalue weighted by Crippen LogP contribution is -2.39. The van der Waals surface area contributed by atoms with E-state index in [0.717, 1.165) is 0 Å². The summed E-state index contributed by atoms with van der Waals surface area (Å²) in [5.74, 6) is 1.24. The zero-order chi connectivity index (χ0) is 16.9. The minimum atomic E-state index is -0.547. The van der Waals surface area contributed by atoms with Crippen molar-refractivity contribution in [1.82, 2.24) is 10.6 Å². The van der Waals surface area contributed by atoms with Crippen molar-refractivity contribution in [1.29, 1.82) is 0 Å². The Labute approximate surface area is 134 Å². The monoisotopic (exact) mass is 323 g/mol. The SMILES string of the molecule is CC(C)(C)OC(=O)NCCNC(=O)Nc1ccc2c(c1)OCO2. The van der Waals surface area contributed by atoms with E-state index in [-0.39, 0.29) is 25.9 Å². The molecule has 0 saturated heterocycles. The first-order valence-corrected chi connectivity index (χ1v) is 7.25. The molecule has 0 bridgehead atoms. The Bertz CT molecular complexity index is 583. The van der Waals surface area contributed by atoms with Crippen LogP contribution in [0.15, 0.2) is 18.2 Å². The van der Waals surface area contributed by atoms with Crippen LogP contribution in [-0.2, 0) is 4.74 Å². The standard InChI is InChI=1S/C15H21N3O5/c1-15(2,3)23-14(20)17-7-6-16-13(19)18-10-4-5-11-12(8-10)22-9-21-11/h4-5,8H,6-7,9H2,1-3H3,(H,17,20)(H2,16,18,19). The molecule has 2 rings (SSSR count). The number of hydrogen-bond donors (Lipinski definition) is 3. The van der Waals surface area contributed by atoms with E-state index in [1.165, 1.54) is 0 Å². The van der Waals surface area contributed by atoms with E-state index in [0.29, 0.717) is 17.2 Å². The lowest BCUT2D eigenvalue weighted by molar-refractivity contribution is 0.0528. The summed E-state index contributed by atoms with van der Waals surface area (Å²) in [6.45, 7) is 6.07. The van der Waals surface area contributed by atoms with Gasteiger partial charge in [-0.1, -0.05) is 0 Å². The van der Waals surface area contributed by atoms with Crippen molar-refractivity contribution in [2.45, 2.75) is 26.4 Å². The first-order valence-electron chi connectivity index (χ1n) is 7.25. The Kier molecular flexibility index (Phi) is 5.15. The van der Waals surface area contributed by atoms with Crippen molar-refractivity contribution >= 4 is 17.8 Å². The number of amides is 3. The van der Waals surface area contributed by atoms with Gasteiger partial charge >= 0.3 is 12.1 Å². The van der Waals surface area contributed by atoms with Crippen molar-refractivity contribution in [3.8, 4) is 11.5 Å². The van der Waals surface area contributed by atoms with Crippen LogP contribution in [0.1, 0.15) is 20.8 Å². The summed E-state index contributed by atoms with van der Waals surface area (Å²) >= 11 is 0. The Balaban J connectivity index is 1.67. The number of nitrogens with one attached hydrogen (secondary N) is 3. The maximum atomic E-state index is 11.7. The molecule has 0 radical (unpaired) electrons. The molecule has 126 valence electrons. The number of carbonyl (C=O) groups is 2. The Hall–Kier alpha value is -2.64. The molecule has 0 atom stereocenters. The first kappa shape index (κ1) is 16.7. The summed E-state index contributed by atoms with van der Waals surface area (Å²) in [4.78, 5) is 23.2. The molecule has 1 aliphatic rings. The number of alkyl carbamates (subject to hydrolysis) is 1. The molecule has 0 aromatic heterocycles. The average Bonchev–Trinajstić information content (AvgIpc) is 2.89. The molecule has 23 heavy (non-hydrogen) atoms. The minimum Gasteiger partial charge on any atom is -0.454 e. The summed E-state index contributed by atoms with van der Waals surface area (Å²) in [5.41, 5.74) is 0.0423. The van der Waals surface area contributed by atoms with E-state index in [1.54, 1.807) is 39.0 Å². The number of benzene rings is 1. The van der Waals surface area contributed by atoms with E-state index in [9.17, 15) is 9.59 Å². The van der Waals surface area contributed by atoms with Crippen LogP contribution in [0.3, 0.4) is 0 Å². The maximum Gasteiger partial charge on any atom is 0.407 e. The fraction of sp³-hybridized carbons (Fsp3) is 0.467. The third-order valence-electron chi connectivity index (χ3n) is 2.71. The molecule has 8 heteroatoms. The summed E-state index contributed by atoms with van der Waals surface area (Å²) in [5, 5.41) is 7.85. The molecule has 3 N–H and O–H groups in total. The van der Waals surface area contributed by atoms with Gasteiger partial charge in [0.15, 0.2) is 11.5 Å². The largest absolute Gasteiger partial charge is 0.454 e. The average molecular weight is 323 g/mol. The maximum absolute atomic E-state index is 11.7. The lowest BCUT2D eigenvalue weighted by atomic mass is 10.2. The van der Waals surface area contributed by atoms with E-state index in [1.807, 2.05) is 0 Å². The van der Waals surface area contributed by atoms with Gasteiger partial charge in [-0.15, -0.1) is 0 Å². The van der Waals surface area contributed by atoms with Gasteiger partial charge in [0.25, 0.3) is 0 Å². The lowest BCUT2D eigenvalue weighted by Gasteiger charge is -2.19. The molecule has 1 aliphatic heterocycles. The number of anilines is 1. The van der Waals surface area contributed by atoms with Gasteiger partial charge in [0.2, 0.25) is 6.79 Å². The summed E-state index contributed by atoms with van der Waals surface area (Å²) in [7, 11) is 0. The van der Waals surface area contributed by atoms with E-state index < -0.39 is 11.7 Å². The summed E-state index contributed by atoms with van der Waals surface area (Å²) in [6, 6.07) is 4.74. The third kappa shape index (κ3) is 5.57. The van der Waals surface area contributed by atoms with E-state index in [2.05, 4.69) is 16.0 Å². The highest BCUT2D eigenvalue weighted by molar-refractivity contribution is 5.89. The van der Waals surface area contributed by atoms with Gasteiger partial charge < -0.3 is 30.2 Å². The van der Waals surface area contributed by atoms with Crippen molar-refractivity contribution in [3.05, 3.63) is 18.2 Å². The first-order chi connectivity index (χ1) is 10.8. The molecule has 0 saturated carbocycles. The fourth-order valence-electron chi connectivity index (χ4n) is 1.80. The van der Waals surface area contributed by atoms with Crippen LogP contribution in [0.2, 0.25) is 0 Å². The molecule has 0 fully saturated rings. The van der Waals surface area contributed by atoms with Crippen LogP contribution in [0.25, 0.3) is 0 Å². The van der Waals surface area contributed by atoms with Crippen molar-refractivity contribution in [2.75, 3.05) is 25.2 Å². The molecule has 0 aliphatic carbocycles. The zero-order valence-corrected chi connectivity index (χ0v) is 13.4. The predicted octanol–water partition coefficient (Wildman–Crippen LogP) is 2.06.